The van der Waals surface area contributed by atoms with E-state index in [0.717, 1.165) is 50.1 Å². The fourth-order valence-electron chi connectivity index (χ4n) is 3.38. The maximum atomic E-state index is 13.4. The van der Waals surface area contributed by atoms with Crippen LogP contribution in [0.5, 0.6) is 0 Å². The number of aromatic nitrogens is 2. The summed E-state index contributed by atoms with van der Waals surface area (Å²) in [5.41, 5.74) is 4.48. The number of nitrogens with zero attached hydrogens (tertiary/aromatic N) is 2. The van der Waals surface area contributed by atoms with E-state index in [1.807, 2.05) is 37.3 Å². The Morgan fingerprint density at radius 1 is 1.00 bits per heavy atom. The average molecular weight is 421 g/mol. The van der Waals surface area contributed by atoms with Crippen LogP contribution in [0.3, 0.4) is 0 Å². The van der Waals surface area contributed by atoms with Crippen molar-refractivity contribution in [1.29, 1.82) is 0 Å². The molecule has 0 bridgehead atoms. The monoisotopic (exact) mass is 420 g/mol. The first kappa shape index (κ1) is 19.9. The standard InChI is InChI=1S/C24H24N2OS2/c1-16-11-13-20(14-12-16)26-23(27)21-17(2)18(3)29-22(21)25-24(26)28-15-7-10-19-8-5-4-6-9-19/h4-6,8-9,11-14H,7,10,15H2,1-3H3. The molecule has 0 aliphatic heterocycles. The molecule has 0 aliphatic carbocycles. The lowest BCUT2D eigenvalue weighted by Gasteiger charge is -2.12. The van der Waals surface area contributed by atoms with Crippen LogP contribution in [-0.4, -0.2) is 15.3 Å². The minimum atomic E-state index is 0.0336. The Morgan fingerprint density at radius 2 is 1.72 bits per heavy atom. The van der Waals surface area contributed by atoms with Gasteiger partial charge in [-0.1, -0.05) is 59.8 Å². The molecule has 4 rings (SSSR count). The van der Waals surface area contributed by atoms with Gasteiger partial charge in [0.25, 0.3) is 5.56 Å². The Kier molecular flexibility index (Phi) is 5.88. The summed E-state index contributed by atoms with van der Waals surface area (Å²) in [6.45, 7) is 6.13. The Bertz CT molecular complexity index is 1190. The van der Waals surface area contributed by atoms with Crippen molar-refractivity contribution < 1.29 is 0 Å². The lowest BCUT2D eigenvalue weighted by molar-refractivity contribution is 0.818. The van der Waals surface area contributed by atoms with Gasteiger partial charge in [0.2, 0.25) is 0 Å². The molecule has 0 aliphatic rings. The Balaban J connectivity index is 1.68. The largest absolute Gasteiger partial charge is 0.268 e. The zero-order valence-electron chi connectivity index (χ0n) is 16.9. The first-order valence-electron chi connectivity index (χ1n) is 9.81. The fraction of sp³-hybridized carbons (Fsp3) is 0.250. The Labute approximate surface area is 179 Å². The molecule has 0 atom stereocenters. The molecule has 0 fully saturated rings. The number of hydrogen-bond donors (Lipinski definition) is 0. The lowest BCUT2D eigenvalue weighted by atomic mass is 10.1. The molecule has 0 saturated heterocycles. The van der Waals surface area contributed by atoms with Gasteiger partial charge < -0.3 is 0 Å². The maximum Gasteiger partial charge on any atom is 0.267 e. The third-order valence-corrected chi connectivity index (χ3v) is 7.27. The normalized spacial score (nSPS) is 11.3. The van der Waals surface area contributed by atoms with Crippen LogP contribution in [0.2, 0.25) is 0 Å². The van der Waals surface area contributed by atoms with Gasteiger partial charge in [-0.25, -0.2) is 4.98 Å². The van der Waals surface area contributed by atoms with Crippen LogP contribution in [0.25, 0.3) is 15.9 Å². The molecule has 0 amide bonds. The van der Waals surface area contributed by atoms with Crippen molar-refractivity contribution in [2.24, 2.45) is 0 Å². The Hall–Kier alpha value is -2.37. The van der Waals surface area contributed by atoms with Crippen molar-refractivity contribution in [2.75, 3.05) is 5.75 Å². The van der Waals surface area contributed by atoms with Crippen molar-refractivity contribution >= 4 is 33.3 Å². The van der Waals surface area contributed by atoms with Crippen LogP contribution >= 0.6 is 23.1 Å². The second-order valence-corrected chi connectivity index (χ2v) is 9.54. The maximum absolute atomic E-state index is 13.4. The van der Waals surface area contributed by atoms with Gasteiger partial charge in [-0.2, -0.15) is 0 Å². The molecule has 0 spiro atoms. The van der Waals surface area contributed by atoms with Crippen LogP contribution in [-0.2, 0) is 6.42 Å². The van der Waals surface area contributed by atoms with Gasteiger partial charge in [0.15, 0.2) is 5.16 Å². The van der Waals surface area contributed by atoms with Crippen molar-refractivity contribution in [3.05, 3.63) is 86.5 Å². The van der Waals surface area contributed by atoms with E-state index >= 15 is 0 Å². The number of thioether (sulfide) groups is 1. The van der Waals surface area contributed by atoms with E-state index in [4.69, 9.17) is 4.98 Å². The summed E-state index contributed by atoms with van der Waals surface area (Å²) >= 11 is 3.28. The second-order valence-electron chi connectivity index (χ2n) is 7.27. The van der Waals surface area contributed by atoms with Crippen molar-refractivity contribution in [3.63, 3.8) is 0 Å². The minimum Gasteiger partial charge on any atom is -0.268 e. The van der Waals surface area contributed by atoms with Crippen LogP contribution < -0.4 is 5.56 Å². The topological polar surface area (TPSA) is 34.9 Å². The molecule has 2 heterocycles. The molecule has 0 radical (unpaired) electrons. The highest BCUT2D eigenvalue weighted by Gasteiger charge is 2.17. The number of hydrogen-bond acceptors (Lipinski definition) is 4. The molecule has 2 aromatic carbocycles. The molecule has 29 heavy (non-hydrogen) atoms. The summed E-state index contributed by atoms with van der Waals surface area (Å²) in [5.74, 6) is 0.919. The molecule has 3 nitrogen and oxygen atoms in total. The van der Waals surface area contributed by atoms with Gasteiger partial charge in [-0.05, 0) is 56.9 Å². The number of rotatable bonds is 6. The van der Waals surface area contributed by atoms with Gasteiger partial charge >= 0.3 is 0 Å². The van der Waals surface area contributed by atoms with E-state index in [0.29, 0.717) is 0 Å². The highest BCUT2D eigenvalue weighted by molar-refractivity contribution is 7.99. The highest BCUT2D eigenvalue weighted by atomic mass is 32.2. The summed E-state index contributed by atoms with van der Waals surface area (Å²) in [6.07, 6.45) is 2.07. The van der Waals surface area contributed by atoms with Crippen LogP contribution in [0.4, 0.5) is 0 Å². The number of fused-ring (bicyclic) bond motifs is 1. The second kappa shape index (κ2) is 8.56. The molecular weight excluding hydrogens is 396 g/mol. The fourth-order valence-corrected chi connectivity index (χ4v) is 5.40. The van der Waals surface area contributed by atoms with Gasteiger partial charge in [0.1, 0.15) is 4.83 Å². The Morgan fingerprint density at radius 3 is 2.45 bits per heavy atom. The van der Waals surface area contributed by atoms with Crippen LogP contribution in [0.15, 0.2) is 64.5 Å². The predicted octanol–water partition coefficient (Wildman–Crippen LogP) is 6.10. The van der Waals surface area contributed by atoms with E-state index in [9.17, 15) is 4.79 Å². The van der Waals surface area contributed by atoms with Gasteiger partial charge in [0, 0.05) is 10.6 Å². The zero-order valence-corrected chi connectivity index (χ0v) is 18.6. The van der Waals surface area contributed by atoms with Crippen molar-refractivity contribution in [3.8, 4) is 5.69 Å². The molecular formula is C24H24N2OS2. The first-order valence-corrected chi connectivity index (χ1v) is 11.6. The number of aryl methyl sites for hydroxylation is 4. The molecule has 148 valence electrons. The van der Waals surface area contributed by atoms with Crippen molar-refractivity contribution in [2.45, 2.75) is 38.8 Å². The SMILES string of the molecule is Cc1ccc(-n2c(SCCCc3ccccc3)nc3sc(C)c(C)c3c2=O)cc1. The summed E-state index contributed by atoms with van der Waals surface area (Å²) < 4.78 is 1.79. The summed E-state index contributed by atoms with van der Waals surface area (Å²) in [5, 5.41) is 1.53. The predicted molar refractivity (Wildman–Crippen MR) is 125 cm³/mol. The third-order valence-electron chi connectivity index (χ3n) is 5.15. The van der Waals surface area contributed by atoms with E-state index in [1.54, 1.807) is 27.7 Å². The van der Waals surface area contributed by atoms with E-state index < -0.39 is 0 Å². The lowest BCUT2D eigenvalue weighted by Crippen LogP contribution is -2.21. The van der Waals surface area contributed by atoms with Gasteiger partial charge in [0.05, 0.1) is 11.1 Å². The molecule has 0 saturated carbocycles. The van der Waals surface area contributed by atoms with E-state index in [-0.39, 0.29) is 5.56 Å². The van der Waals surface area contributed by atoms with E-state index in [1.165, 1.54) is 11.1 Å². The highest BCUT2D eigenvalue weighted by Crippen LogP contribution is 2.30. The van der Waals surface area contributed by atoms with Crippen LogP contribution in [0, 0.1) is 20.8 Å². The molecule has 4 aromatic rings. The molecule has 0 unspecified atom stereocenters. The van der Waals surface area contributed by atoms with Crippen LogP contribution in [0.1, 0.15) is 28.0 Å². The van der Waals surface area contributed by atoms with Crippen molar-refractivity contribution in [1.82, 2.24) is 9.55 Å². The summed E-state index contributed by atoms with van der Waals surface area (Å²) in [6, 6.07) is 18.6. The summed E-state index contributed by atoms with van der Waals surface area (Å²) in [7, 11) is 0. The van der Waals surface area contributed by atoms with E-state index in [2.05, 4.69) is 38.1 Å². The smallest absolute Gasteiger partial charge is 0.267 e. The van der Waals surface area contributed by atoms with Gasteiger partial charge in [-0.3, -0.25) is 9.36 Å². The first-order chi connectivity index (χ1) is 14.0. The minimum absolute atomic E-state index is 0.0336. The van der Waals surface area contributed by atoms with Gasteiger partial charge in [-0.15, -0.1) is 11.3 Å². The third kappa shape index (κ3) is 4.16. The number of benzene rings is 2. The molecule has 2 aromatic heterocycles. The quantitative estimate of drug-likeness (QED) is 0.215. The molecule has 5 heteroatoms. The molecule has 0 N–H and O–H groups in total. The summed E-state index contributed by atoms with van der Waals surface area (Å²) in [4.78, 5) is 20.3. The zero-order chi connectivity index (χ0) is 20.4. The average Bonchev–Trinajstić information content (AvgIpc) is 3.01. The number of thiophene rings is 1.